The monoisotopic (exact) mass is 533 g/mol. The van der Waals surface area contributed by atoms with E-state index in [1.807, 2.05) is 43.3 Å². The van der Waals surface area contributed by atoms with Crippen molar-refractivity contribution < 1.29 is 14.7 Å². The van der Waals surface area contributed by atoms with Crippen molar-refractivity contribution in [2.24, 2.45) is 5.92 Å². The fourth-order valence-corrected chi connectivity index (χ4v) is 5.37. The van der Waals surface area contributed by atoms with Gasteiger partial charge in [-0.1, -0.05) is 67.8 Å². The molecule has 4 aromatic rings. The molecule has 5 rings (SSSR count). The maximum absolute atomic E-state index is 13.9. The minimum Gasteiger partial charge on any atom is -0.478 e. The lowest BCUT2D eigenvalue weighted by Crippen LogP contribution is -2.36. The summed E-state index contributed by atoms with van der Waals surface area (Å²) in [5.74, 6) is -0.849. The summed E-state index contributed by atoms with van der Waals surface area (Å²) in [5, 5.41) is 9.41. The molecule has 0 spiro atoms. The van der Waals surface area contributed by atoms with Crippen LogP contribution >= 0.6 is 0 Å². The van der Waals surface area contributed by atoms with Crippen LogP contribution in [0.1, 0.15) is 48.0 Å². The van der Waals surface area contributed by atoms with Crippen LogP contribution in [0.2, 0.25) is 0 Å². The number of aromatic nitrogens is 1. The van der Waals surface area contributed by atoms with Gasteiger partial charge in [-0.3, -0.25) is 9.78 Å². The van der Waals surface area contributed by atoms with E-state index in [0.717, 1.165) is 59.3 Å². The Morgan fingerprint density at radius 1 is 0.775 bits per heavy atom. The number of rotatable bonds is 8. The first-order valence-corrected chi connectivity index (χ1v) is 13.9. The molecule has 0 atom stereocenters. The fraction of sp³-hybridized carbons (Fsp3) is 0.265. The summed E-state index contributed by atoms with van der Waals surface area (Å²) >= 11 is 0. The van der Waals surface area contributed by atoms with Gasteiger partial charge in [0, 0.05) is 49.3 Å². The molecule has 1 aliphatic carbocycles. The first kappa shape index (κ1) is 27.1. The molecule has 1 N–H and O–H groups in total. The van der Waals surface area contributed by atoms with E-state index in [2.05, 4.69) is 58.4 Å². The zero-order valence-electron chi connectivity index (χ0n) is 23.1. The summed E-state index contributed by atoms with van der Waals surface area (Å²) < 4.78 is 0. The molecule has 1 amide bonds. The third-order valence-corrected chi connectivity index (χ3v) is 7.71. The first-order valence-electron chi connectivity index (χ1n) is 13.9. The third kappa shape index (κ3) is 6.23. The van der Waals surface area contributed by atoms with Gasteiger partial charge in [-0.15, -0.1) is 0 Å². The zero-order chi connectivity index (χ0) is 28.1. The van der Waals surface area contributed by atoms with Gasteiger partial charge in [0.1, 0.15) is 0 Å². The predicted molar refractivity (Wildman–Crippen MR) is 161 cm³/mol. The Kier molecular flexibility index (Phi) is 8.25. The molecule has 6 nitrogen and oxygen atoms in total. The van der Waals surface area contributed by atoms with Crippen molar-refractivity contribution in [1.29, 1.82) is 0 Å². The number of carbonyl (C=O) groups excluding carboxylic acids is 1. The molecule has 3 aromatic carbocycles. The van der Waals surface area contributed by atoms with E-state index in [-0.39, 0.29) is 17.4 Å². The van der Waals surface area contributed by atoms with Crippen molar-refractivity contribution in [1.82, 2.24) is 4.98 Å². The molecule has 1 aliphatic rings. The maximum Gasteiger partial charge on any atom is 0.337 e. The molecule has 1 saturated carbocycles. The Morgan fingerprint density at radius 2 is 1.45 bits per heavy atom. The van der Waals surface area contributed by atoms with Crippen molar-refractivity contribution in [3.63, 3.8) is 0 Å². The molecule has 204 valence electrons. The molecule has 1 heterocycles. The molecule has 40 heavy (non-hydrogen) atoms. The molecule has 0 saturated heterocycles. The molecule has 0 unspecified atom stereocenters. The van der Waals surface area contributed by atoms with Crippen LogP contribution in [0.3, 0.4) is 0 Å². The number of hydrogen-bond acceptors (Lipinski definition) is 4. The quantitative estimate of drug-likeness (QED) is 0.257. The number of amides is 1. The topological polar surface area (TPSA) is 73.7 Å². The van der Waals surface area contributed by atoms with Gasteiger partial charge in [-0.25, -0.2) is 4.79 Å². The number of hydrogen-bond donors (Lipinski definition) is 1. The summed E-state index contributed by atoms with van der Waals surface area (Å²) in [4.78, 5) is 33.5. The van der Waals surface area contributed by atoms with Crippen LogP contribution in [0.4, 0.5) is 11.4 Å². The number of pyridine rings is 1. The summed E-state index contributed by atoms with van der Waals surface area (Å²) in [6.45, 7) is 0.464. The van der Waals surface area contributed by atoms with Gasteiger partial charge in [-0.2, -0.15) is 0 Å². The van der Waals surface area contributed by atoms with Crippen molar-refractivity contribution in [2.75, 3.05) is 23.9 Å². The summed E-state index contributed by atoms with van der Waals surface area (Å²) in [6, 6.07) is 26.3. The van der Waals surface area contributed by atoms with E-state index in [9.17, 15) is 14.7 Å². The van der Waals surface area contributed by atoms with Crippen LogP contribution in [0.15, 0.2) is 91.3 Å². The Labute approximate surface area is 235 Å². The lowest BCUT2D eigenvalue weighted by molar-refractivity contribution is -0.123. The number of aromatic carboxylic acids is 1. The van der Waals surface area contributed by atoms with Gasteiger partial charge in [0.05, 0.1) is 12.1 Å². The van der Waals surface area contributed by atoms with Crippen molar-refractivity contribution in [2.45, 2.75) is 38.6 Å². The van der Waals surface area contributed by atoms with Gasteiger partial charge in [0.25, 0.3) is 0 Å². The van der Waals surface area contributed by atoms with Crippen LogP contribution in [0.25, 0.3) is 22.3 Å². The Hall–Kier alpha value is -4.45. The van der Waals surface area contributed by atoms with Gasteiger partial charge >= 0.3 is 5.97 Å². The van der Waals surface area contributed by atoms with E-state index in [1.54, 1.807) is 12.3 Å². The van der Waals surface area contributed by atoms with Crippen LogP contribution < -0.4 is 9.80 Å². The highest BCUT2D eigenvalue weighted by atomic mass is 16.4. The standard InChI is InChI=1S/C34H35N3O3/c1-36(2)31-17-15-26(16-18-31)25-13-11-24(12-14-25)23-37(33(38)27-7-4-3-5-8-27)32-10-6-9-28(20-32)29-19-30(34(39)40)22-35-21-29/h6,9-22,27H,3-5,7-8,23H2,1-2H3,(H,39,40). The number of carboxylic acid groups (broad SMARTS) is 1. The van der Waals surface area contributed by atoms with Gasteiger partial charge < -0.3 is 14.9 Å². The van der Waals surface area contributed by atoms with Gasteiger partial charge in [0.2, 0.25) is 5.91 Å². The number of anilines is 2. The zero-order valence-corrected chi connectivity index (χ0v) is 23.1. The van der Waals surface area contributed by atoms with Gasteiger partial charge in [0.15, 0.2) is 0 Å². The smallest absolute Gasteiger partial charge is 0.337 e. The molecular weight excluding hydrogens is 498 g/mol. The van der Waals surface area contributed by atoms with Crippen LogP contribution in [-0.2, 0) is 11.3 Å². The SMILES string of the molecule is CN(C)c1ccc(-c2ccc(CN(C(=O)C3CCCCC3)c3cccc(-c4cncc(C(=O)O)c4)c3)cc2)cc1. The predicted octanol–water partition coefficient (Wildman–Crippen LogP) is 7.29. The highest BCUT2D eigenvalue weighted by Gasteiger charge is 2.27. The molecule has 1 aromatic heterocycles. The largest absolute Gasteiger partial charge is 0.478 e. The molecule has 0 bridgehead atoms. The lowest BCUT2D eigenvalue weighted by Gasteiger charge is -2.30. The van der Waals surface area contributed by atoms with Crippen LogP contribution in [0, 0.1) is 5.92 Å². The molecule has 6 heteroatoms. The normalized spacial score (nSPS) is 13.6. The number of carboxylic acids is 1. The van der Waals surface area contributed by atoms with E-state index in [1.165, 1.54) is 12.6 Å². The Morgan fingerprint density at radius 3 is 2.10 bits per heavy atom. The van der Waals surface area contributed by atoms with Crippen LogP contribution in [0.5, 0.6) is 0 Å². The van der Waals surface area contributed by atoms with Crippen molar-refractivity contribution >= 4 is 23.3 Å². The van der Waals surface area contributed by atoms with Crippen molar-refractivity contribution in [3.05, 3.63) is 102 Å². The van der Waals surface area contributed by atoms with E-state index >= 15 is 0 Å². The second-order valence-corrected chi connectivity index (χ2v) is 10.7. The molecular formula is C34H35N3O3. The fourth-order valence-electron chi connectivity index (χ4n) is 5.37. The van der Waals surface area contributed by atoms with E-state index in [0.29, 0.717) is 12.1 Å². The molecule has 0 aliphatic heterocycles. The summed E-state index contributed by atoms with van der Waals surface area (Å²) in [7, 11) is 4.06. The first-order chi connectivity index (χ1) is 19.4. The second-order valence-electron chi connectivity index (χ2n) is 10.7. The lowest BCUT2D eigenvalue weighted by atomic mass is 9.88. The third-order valence-electron chi connectivity index (χ3n) is 7.71. The highest BCUT2D eigenvalue weighted by Crippen LogP contribution is 2.32. The van der Waals surface area contributed by atoms with E-state index < -0.39 is 5.97 Å². The Bertz CT molecular complexity index is 1470. The number of benzene rings is 3. The Balaban J connectivity index is 1.43. The van der Waals surface area contributed by atoms with Crippen LogP contribution in [-0.4, -0.2) is 36.1 Å². The van der Waals surface area contributed by atoms with Gasteiger partial charge in [-0.05, 0) is 65.4 Å². The molecule has 1 fully saturated rings. The second kappa shape index (κ2) is 12.2. The number of nitrogens with zero attached hydrogens (tertiary/aromatic N) is 3. The maximum atomic E-state index is 13.9. The summed E-state index contributed by atoms with van der Waals surface area (Å²) in [5.41, 5.74) is 6.96. The average molecular weight is 534 g/mol. The average Bonchev–Trinajstić information content (AvgIpc) is 3.00. The molecule has 0 radical (unpaired) electrons. The highest BCUT2D eigenvalue weighted by molar-refractivity contribution is 5.96. The minimum absolute atomic E-state index is 0.0175. The minimum atomic E-state index is -1.02. The van der Waals surface area contributed by atoms with E-state index in [4.69, 9.17) is 0 Å². The number of carbonyl (C=O) groups is 2. The van der Waals surface area contributed by atoms with Crippen molar-refractivity contribution in [3.8, 4) is 22.3 Å². The summed E-state index contributed by atoms with van der Waals surface area (Å²) in [6.07, 6.45) is 8.18.